The Kier molecular flexibility index (Phi) is 3.50. The van der Waals surface area contributed by atoms with Gasteiger partial charge >= 0.3 is 0 Å². The molecule has 3 saturated carbocycles. The van der Waals surface area contributed by atoms with Crippen molar-refractivity contribution in [2.75, 3.05) is 0 Å². The molecule has 0 aliphatic heterocycles. The van der Waals surface area contributed by atoms with Crippen molar-refractivity contribution in [2.45, 2.75) is 65.7 Å². The molecule has 0 bridgehead atoms. The van der Waals surface area contributed by atoms with E-state index < -0.39 is 0 Å². The van der Waals surface area contributed by atoms with Crippen molar-refractivity contribution < 1.29 is 9.59 Å². The van der Waals surface area contributed by atoms with E-state index in [4.69, 9.17) is 0 Å². The third kappa shape index (κ3) is 2.01. The number of allylic oxidation sites excluding steroid dienone is 3. The maximum absolute atomic E-state index is 12.1. The van der Waals surface area contributed by atoms with Crippen molar-refractivity contribution in [2.24, 2.45) is 34.5 Å². The summed E-state index contributed by atoms with van der Waals surface area (Å²) in [5.74, 6) is 3.01. The van der Waals surface area contributed by atoms with Gasteiger partial charge in [-0.25, -0.2) is 0 Å². The second kappa shape index (κ2) is 5.16. The standard InChI is InChI=1S/C22H30O2/c1-13-11-16-18-6-5-17(14(2)23)21(18,3)10-8-19(16)22(4)9-7-15(24)12-20(13)22/h5,16,18-20H,1,6-12H2,2-4H3/t16-,18-,19-,20?,21+,22+/m0/s1. The van der Waals surface area contributed by atoms with Crippen molar-refractivity contribution >= 4 is 11.6 Å². The summed E-state index contributed by atoms with van der Waals surface area (Å²) in [6.07, 6.45) is 9.20. The number of carbonyl (C=O) groups is 2. The fourth-order valence-corrected chi connectivity index (χ4v) is 7.15. The first-order chi connectivity index (χ1) is 11.3. The van der Waals surface area contributed by atoms with Crippen molar-refractivity contribution in [3.63, 3.8) is 0 Å². The van der Waals surface area contributed by atoms with Crippen LogP contribution in [0.15, 0.2) is 23.8 Å². The lowest BCUT2D eigenvalue weighted by molar-refractivity contribution is -0.132. The highest BCUT2D eigenvalue weighted by Crippen LogP contribution is 2.66. The monoisotopic (exact) mass is 326 g/mol. The third-order valence-electron chi connectivity index (χ3n) is 8.41. The molecular weight excluding hydrogens is 296 g/mol. The van der Waals surface area contributed by atoms with E-state index in [9.17, 15) is 9.59 Å². The molecule has 4 aliphatic carbocycles. The van der Waals surface area contributed by atoms with Crippen LogP contribution in [0.2, 0.25) is 0 Å². The molecule has 3 fully saturated rings. The molecule has 6 atom stereocenters. The number of ketones is 2. The number of Topliss-reactive ketones (excluding diaryl/α,β-unsaturated/α-hetero) is 2. The Morgan fingerprint density at radius 1 is 1.21 bits per heavy atom. The van der Waals surface area contributed by atoms with Crippen LogP contribution >= 0.6 is 0 Å². The smallest absolute Gasteiger partial charge is 0.156 e. The first-order valence-electron chi connectivity index (χ1n) is 9.68. The van der Waals surface area contributed by atoms with Gasteiger partial charge in [0.2, 0.25) is 0 Å². The van der Waals surface area contributed by atoms with Gasteiger partial charge in [0.25, 0.3) is 0 Å². The molecule has 130 valence electrons. The second-order valence-electron chi connectivity index (χ2n) is 9.41. The van der Waals surface area contributed by atoms with Crippen molar-refractivity contribution in [1.29, 1.82) is 0 Å². The highest BCUT2D eigenvalue weighted by atomic mass is 16.1. The normalized spacial score (nSPS) is 47.5. The lowest BCUT2D eigenvalue weighted by atomic mass is 9.44. The van der Waals surface area contributed by atoms with Gasteiger partial charge in [-0.15, -0.1) is 0 Å². The molecule has 0 saturated heterocycles. The van der Waals surface area contributed by atoms with Crippen LogP contribution in [0, 0.1) is 34.5 Å². The number of carbonyl (C=O) groups excluding carboxylic acids is 2. The summed E-state index contributed by atoms with van der Waals surface area (Å²) >= 11 is 0. The summed E-state index contributed by atoms with van der Waals surface area (Å²) in [5.41, 5.74) is 2.71. The maximum Gasteiger partial charge on any atom is 0.156 e. The molecule has 0 N–H and O–H groups in total. The van der Waals surface area contributed by atoms with Gasteiger partial charge in [-0.05, 0) is 79.1 Å². The molecule has 1 unspecified atom stereocenters. The van der Waals surface area contributed by atoms with Crippen LogP contribution < -0.4 is 0 Å². The van der Waals surface area contributed by atoms with Crippen LogP contribution in [-0.4, -0.2) is 11.6 Å². The molecule has 0 radical (unpaired) electrons. The number of fused-ring (bicyclic) bond motifs is 5. The lowest BCUT2D eigenvalue weighted by Crippen LogP contribution is -2.54. The lowest BCUT2D eigenvalue weighted by Gasteiger charge is -2.60. The molecular formula is C22H30O2. The van der Waals surface area contributed by atoms with Crippen LogP contribution in [0.5, 0.6) is 0 Å². The average molecular weight is 326 g/mol. The molecule has 0 aromatic heterocycles. The Labute approximate surface area is 145 Å². The summed E-state index contributed by atoms with van der Waals surface area (Å²) in [6, 6.07) is 0. The molecule has 2 nitrogen and oxygen atoms in total. The summed E-state index contributed by atoms with van der Waals surface area (Å²) in [4.78, 5) is 24.2. The topological polar surface area (TPSA) is 34.1 Å². The summed E-state index contributed by atoms with van der Waals surface area (Å²) < 4.78 is 0. The summed E-state index contributed by atoms with van der Waals surface area (Å²) in [5, 5.41) is 0. The van der Waals surface area contributed by atoms with E-state index in [1.54, 1.807) is 6.92 Å². The van der Waals surface area contributed by atoms with E-state index in [1.165, 1.54) is 12.0 Å². The highest BCUT2D eigenvalue weighted by Gasteiger charge is 2.59. The summed E-state index contributed by atoms with van der Waals surface area (Å²) in [7, 11) is 0. The van der Waals surface area contributed by atoms with Gasteiger partial charge in [0.05, 0.1) is 0 Å². The molecule has 4 aliphatic rings. The minimum atomic E-state index is 0.0704. The van der Waals surface area contributed by atoms with Crippen molar-refractivity contribution in [3.05, 3.63) is 23.8 Å². The molecule has 0 aromatic carbocycles. The van der Waals surface area contributed by atoms with E-state index in [-0.39, 0.29) is 16.6 Å². The molecule has 0 spiro atoms. The molecule has 4 rings (SSSR count). The third-order valence-corrected chi connectivity index (χ3v) is 8.41. The second-order valence-corrected chi connectivity index (χ2v) is 9.41. The zero-order valence-electron chi connectivity index (χ0n) is 15.4. The number of hydrogen-bond donors (Lipinski definition) is 0. The van der Waals surface area contributed by atoms with Gasteiger partial charge in [-0.2, -0.15) is 0 Å². The van der Waals surface area contributed by atoms with E-state index in [0.717, 1.165) is 44.1 Å². The van der Waals surface area contributed by atoms with Gasteiger partial charge in [0.1, 0.15) is 5.78 Å². The molecule has 0 amide bonds. The van der Waals surface area contributed by atoms with Gasteiger partial charge in [0, 0.05) is 12.8 Å². The van der Waals surface area contributed by atoms with Crippen LogP contribution in [0.4, 0.5) is 0 Å². The number of rotatable bonds is 1. The van der Waals surface area contributed by atoms with E-state index >= 15 is 0 Å². The predicted octanol–water partition coefficient (Wildman–Crippen LogP) is 4.89. The maximum atomic E-state index is 12.1. The largest absolute Gasteiger partial charge is 0.300 e. The van der Waals surface area contributed by atoms with Crippen LogP contribution in [0.25, 0.3) is 0 Å². The van der Waals surface area contributed by atoms with Crippen LogP contribution in [0.1, 0.15) is 65.7 Å². The van der Waals surface area contributed by atoms with Gasteiger partial charge < -0.3 is 0 Å². The van der Waals surface area contributed by atoms with E-state index in [0.29, 0.717) is 29.5 Å². The van der Waals surface area contributed by atoms with Gasteiger partial charge in [-0.1, -0.05) is 32.1 Å². The van der Waals surface area contributed by atoms with Gasteiger partial charge in [-0.3, -0.25) is 9.59 Å². The predicted molar refractivity (Wildman–Crippen MR) is 95.4 cm³/mol. The Balaban J connectivity index is 1.69. The first-order valence-corrected chi connectivity index (χ1v) is 9.68. The fourth-order valence-electron chi connectivity index (χ4n) is 7.15. The van der Waals surface area contributed by atoms with Crippen molar-refractivity contribution in [3.8, 4) is 0 Å². The van der Waals surface area contributed by atoms with Crippen LogP contribution in [-0.2, 0) is 9.59 Å². The zero-order valence-corrected chi connectivity index (χ0v) is 15.4. The Morgan fingerprint density at radius 3 is 2.67 bits per heavy atom. The molecule has 2 heteroatoms. The van der Waals surface area contributed by atoms with Gasteiger partial charge in [0.15, 0.2) is 5.78 Å². The zero-order chi connectivity index (χ0) is 17.3. The minimum absolute atomic E-state index is 0.0704. The number of hydrogen-bond acceptors (Lipinski definition) is 2. The SMILES string of the molecule is C=C1C[C@@H]2[C@H](CC[C@]3(C)C(C(C)=O)=CC[C@@H]23)[C@@]2(C)CCC(=O)CC12. The quantitative estimate of drug-likeness (QED) is 0.643. The Bertz CT molecular complexity index is 657. The minimum Gasteiger partial charge on any atom is -0.300 e. The Morgan fingerprint density at radius 2 is 1.96 bits per heavy atom. The fraction of sp³-hybridized carbons (Fsp3) is 0.727. The molecule has 0 heterocycles. The van der Waals surface area contributed by atoms with E-state index in [2.05, 4.69) is 26.5 Å². The Hall–Kier alpha value is -1.18. The van der Waals surface area contributed by atoms with Crippen molar-refractivity contribution in [1.82, 2.24) is 0 Å². The summed E-state index contributed by atoms with van der Waals surface area (Å²) in [6.45, 7) is 10.9. The first kappa shape index (κ1) is 16.3. The average Bonchev–Trinajstić information content (AvgIpc) is 2.87. The highest BCUT2D eigenvalue weighted by molar-refractivity contribution is 5.95. The van der Waals surface area contributed by atoms with E-state index in [1.807, 2.05) is 0 Å². The molecule has 0 aromatic rings. The van der Waals surface area contributed by atoms with Crippen LogP contribution in [0.3, 0.4) is 0 Å². The molecule has 24 heavy (non-hydrogen) atoms.